The first-order valence-electron chi connectivity index (χ1n) is 6.24. The number of hydrogen-bond donors (Lipinski definition) is 1. The van der Waals surface area contributed by atoms with Crippen molar-refractivity contribution in [1.29, 1.82) is 0 Å². The van der Waals surface area contributed by atoms with Gasteiger partial charge in [0, 0.05) is 17.0 Å². The summed E-state index contributed by atoms with van der Waals surface area (Å²) in [5.74, 6) is 0.925. The summed E-state index contributed by atoms with van der Waals surface area (Å²) in [4.78, 5) is 0. The summed E-state index contributed by atoms with van der Waals surface area (Å²) in [6.07, 6.45) is 4.94. The Labute approximate surface area is 108 Å². The Bertz CT molecular complexity index is 386. The van der Waals surface area contributed by atoms with E-state index in [-0.39, 0.29) is 5.41 Å². The molecule has 1 aliphatic rings. The Kier molecular flexibility index (Phi) is 3.95. The van der Waals surface area contributed by atoms with Crippen molar-refractivity contribution < 1.29 is 4.74 Å². The summed E-state index contributed by atoms with van der Waals surface area (Å²) in [7, 11) is 0. The van der Waals surface area contributed by atoms with Gasteiger partial charge in [0.05, 0.1) is 6.61 Å². The van der Waals surface area contributed by atoms with Crippen molar-refractivity contribution in [3.8, 4) is 5.75 Å². The van der Waals surface area contributed by atoms with E-state index in [2.05, 4.69) is 0 Å². The van der Waals surface area contributed by atoms with E-state index in [4.69, 9.17) is 22.1 Å². The molecule has 0 radical (unpaired) electrons. The molecule has 0 saturated heterocycles. The molecule has 94 valence electrons. The zero-order valence-corrected chi connectivity index (χ0v) is 11.1. The van der Waals surface area contributed by atoms with E-state index in [0.717, 1.165) is 29.5 Å². The maximum atomic E-state index is 5.93. The minimum Gasteiger partial charge on any atom is -0.493 e. The van der Waals surface area contributed by atoms with Crippen molar-refractivity contribution in [3.63, 3.8) is 0 Å². The molecule has 3 heteroatoms. The van der Waals surface area contributed by atoms with Gasteiger partial charge >= 0.3 is 0 Å². The van der Waals surface area contributed by atoms with Crippen LogP contribution in [0.25, 0.3) is 0 Å². The third-order valence-electron chi connectivity index (χ3n) is 3.77. The van der Waals surface area contributed by atoms with Gasteiger partial charge in [-0.2, -0.15) is 0 Å². The molecule has 17 heavy (non-hydrogen) atoms. The zero-order valence-electron chi connectivity index (χ0n) is 10.3. The second kappa shape index (κ2) is 5.28. The number of nitrogens with two attached hydrogens (primary N) is 1. The third kappa shape index (κ3) is 2.93. The quantitative estimate of drug-likeness (QED) is 0.891. The maximum Gasteiger partial charge on any atom is 0.122 e. The number of halogens is 1. The maximum absolute atomic E-state index is 5.93. The molecule has 1 saturated carbocycles. The number of ether oxygens (including phenoxy) is 1. The Hall–Kier alpha value is -0.730. The van der Waals surface area contributed by atoms with Crippen molar-refractivity contribution in [3.05, 3.63) is 28.8 Å². The van der Waals surface area contributed by atoms with E-state index >= 15 is 0 Å². The molecular formula is C14H20ClNO. The molecule has 1 fully saturated rings. The van der Waals surface area contributed by atoms with Crippen LogP contribution in [0.15, 0.2) is 18.2 Å². The topological polar surface area (TPSA) is 35.2 Å². The van der Waals surface area contributed by atoms with E-state index in [1.807, 2.05) is 25.1 Å². The summed E-state index contributed by atoms with van der Waals surface area (Å²) < 4.78 is 5.93. The lowest BCUT2D eigenvalue weighted by Crippen LogP contribution is -2.33. The first kappa shape index (κ1) is 12.7. The standard InChI is InChI=1S/C14H20ClNO/c1-11-8-12(15)4-5-13(11)17-10-14(9-16)6-2-3-7-14/h4-5,8H,2-3,6-7,9-10,16H2,1H3. The van der Waals surface area contributed by atoms with Crippen LogP contribution in [-0.4, -0.2) is 13.2 Å². The summed E-state index contributed by atoms with van der Waals surface area (Å²) in [6.45, 7) is 3.47. The highest BCUT2D eigenvalue weighted by Gasteiger charge is 2.33. The molecule has 0 unspecified atom stereocenters. The number of aryl methyl sites for hydroxylation is 1. The third-order valence-corrected chi connectivity index (χ3v) is 4.00. The molecule has 0 amide bonds. The van der Waals surface area contributed by atoms with Crippen molar-refractivity contribution >= 4 is 11.6 Å². The summed E-state index contributed by atoms with van der Waals surface area (Å²) >= 11 is 5.92. The van der Waals surface area contributed by atoms with Gasteiger partial charge < -0.3 is 10.5 Å². The van der Waals surface area contributed by atoms with Crippen LogP contribution < -0.4 is 10.5 Å². The van der Waals surface area contributed by atoms with Crippen LogP contribution in [-0.2, 0) is 0 Å². The zero-order chi connectivity index (χ0) is 12.3. The molecule has 0 heterocycles. The van der Waals surface area contributed by atoms with Crippen LogP contribution in [0.4, 0.5) is 0 Å². The highest BCUT2D eigenvalue weighted by molar-refractivity contribution is 6.30. The molecule has 0 atom stereocenters. The molecule has 2 nitrogen and oxygen atoms in total. The predicted molar refractivity (Wildman–Crippen MR) is 71.6 cm³/mol. The van der Waals surface area contributed by atoms with E-state index in [0.29, 0.717) is 0 Å². The van der Waals surface area contributed by atoms with Crippen molar-refractivity contribution in [2.45, 2.75) is 32.6 Å². The van der Waals surface area contributed by atoms with E-state index < -0.39 is 0 Å². The van der Waals surface area contributed by atoms with E-state index in [1.165, 1.54) is 25.7 Å². The molecule has 2 rings (SSSR count). The van der Waals surface area contributed by atoms with Crippen LogP contribution in [0.3, 0.4) is 0 Å². The molecule has 0 bridgehead atoms. The van der Waals surface area contributed by atoms with Crippen LogP contribution >= 0.6 is 11.6 Å². The van der Waals surface area contributed by atoms with Gasteiger partial charge in [-0.15, -0.1) is 0 Å². The second-order valence-corrected chi connectivity index (χ2v) is 5.55. The number of benzene rings is 1. The van der Waals surface area contributed by atoms with Crippen LogP contribution in [0.2, 0.25) is 5.02 Å². The SMILES string of the molecule is Cc1cc(Cl)ccc1OCC1(CN)CCCC1. The Morgan fingerprint density at radius 1 is 1.35 bits per heavy atom. The Morgan fingerprint density at radius 3 is 2.65 bits per heavy atom. The average molecular weight is 254 g/mol. The van der Waals surface area contributed by atoms with Crippen molar-refractivity contribution in [2.24, 2.45) is 11.1 Å². The average Bonchev–Trinajstić information content (AvgIpc) is 2.77. The largest absolute Gasteiger partial charge is 0.493 e. The molecule has 0 spiro atoms. The lowest BCUT2D eigenvalue weighted by atomic mass is 9.87. The van der Waals surface area contributed by atoms with Gasteiger partial charge in [-0.3, -0.25) is 0 Å². The smallest absolute Gasteiger partial charge is 0.122 e. The van der Waals surface area contributed by atoms with E-state index in [1.54, 1.807) is 0 Å². The molecule has 1 aromatic carbocycles. The lowest BCUT2D eigenvalue weighted by Gasteiger charge is -2.27. The second-order valence-electron chi connectivity index (χ2n) is 5.11. The van der Waals surface area contributed by atoms with Gasteiger partial charge in [0.2, 0.25) is 0 Å². The first-order chi connectivity index (χ1) is 8.15. The van der Waals surface area contributed by atoms with Gasteiger partial charge in [-0.25, -0.2) is 0 Å². The number of hydrogen-bond acceptors (Lipinski definition) is 2. The highest BCUT2D eigenvalue weighted by atomic mass is 35.5. The van der Waals surface area contributed by atoms with E-state index in [9.17, 15) is 0 Å². The fraction of sp³-hybridized carbons (Fsp3) is 0.571. The van der Waals surface area contributed by atoms with Crippen LogP contribution in [0.1, 0.15) is 31.2 Å². The Morgan fingerprint density at radius 2 is 2.06 bits per heavy atom. The minimum absolute atomic E-state index is 0.200. The normalized spacial score (nSPS) is 18.3. The summed E-state index contributed by atoms with van der Waals surface area (Å²) in [6, 6.07) is 5.74. The van der Waals surface area contributed by atoms with Gasteiger partial charge in [-0.1, -0.05) is 24.4 Å². The van der Waals surface area contributed by atoms with Crippen LogP contribution in [0, 0.1) is 12.3 Å². The van der Waals surface area contributed by atoms with Gasteiger partial charge in [0.25, 0.3) is 0 Å². The van der Waals surface area contributed by atoms with Gasteiger partial charge in [-0.05, 0) is 43.5 Å². The molecule has 0 aromatic heterocycles. The Balaban J connectivity index is 2.01. The lowest BCUT2D eigenvalue weighted by molar-refractivity contribution is 0.156. The summed E-state index contributed by atoms with van der Waals surface area (Å²) in [5, 5.41) is 0.754. The predicted octanol–water partition coefficient (Wildman–Crippen LogP) is 3.55. The molecular weight excluding hydrogens is 234 g/mol. The monoisotopic (exact) mass is 253 g/mol. The van der Waals surface area contributed by atoms with Crippen molar-refractivity contribution in [2.75, 3.05) is 13.2 Å². The highest BCUT2D eigenvalue weighted by Crippen LogP contribution is 2.37. The number of rotatable bonds is 4. The minimum atomic E-state index is 0.200. The van der Waals surface area contributed by atoms with Crippen molar-refractivity contribution in [1.82, 2.24) is 0 Å². The van der Waals surface area contributed by atoms with Gasteiger partial charge in [0.15, 0.2) is 0 Å². The molecule has 0 aliphatic heterocycles. The molecule has 1 aromatic rings. The molecule has 1 aliphatic carbocycles. The molecule has 2 N–H and O–H groups in total. The fourth-order valence-corrected chi connectivity index (χ4v) is 2.76. The van der Waals surface area contributed by atoms with Gasteiger partial charge in [0.1, 0.15) is 5.75 Å². The van der Waals surface area contributed by atoms with Crippen LogP contribution in [0.5, 0.6) is 5.75 Å². The first-order valence-corrected chi connectivity index (χ1v) is 6.62. The fourth-order valence-electron chi connectivity index (χ4n) is 2.54. The summed E-state index contributed by atoms with van der Waals surface area (Å²) in [5.41, 5.74) is 7.18.